The number of carbonyl (C=O) groups is 1. The molecule has 1 atom stereocenters. The highest BCUT2D eigenvalue weighted by molar-refractivity contribution is 6.34. The SMILES string of the molecule is CC(=O)OC(Nc1ccc(C#N)cc1)c1cc(Cl)cc(Cl)c1. The van der Waals surface area contributed by atoms with Gasteiger partial charge in [-0.2, -0.15) is 5.26 Å². The van der Waals surface area contributed by atoms with Crippen molar-refractivity contribution in [1.29, 1.82) is 5.26 Å². The van der Waals surface area contributed by atoms with Crippen LogP contribution in [-0.2, 0) is 9.53 Å². The number of benzene rings is 2. The third-order valence-electron chi connectivity index (χ3n) is 2.78. The third kappa shape index (κ3) is 4.39. The van der Waals surface area contributed by atoms with Crippen LogP contribution >= 0.6 is 23.2 Å². The lowest BCUT2D eigenvalue weighted by molar-refractivity contribution is -0.145. The number of halogens is 2. The Morgan fingerprint density at radius 1 is 1.18 bits per heavy atom. The Kier molecular flexibility index (Phi) is 5.26. The fourth-order valence-corrected chi connectivity index (χ4v) is 2.41. The van der Waals surface area contributed by atoms with E-state index in [0.717, 1.165) is 0 Å². The lowest BCUT2D eigenvalue weighted by Crippen LogP contribution is -2.17. The zero-order valence-corrected chi connectivity index (χ0v) is 13.2. The second kappa shape index (κ2) is 7.17. The largest absolute Gasteiger partial charge is 0.438 e. The van der Waals surface area contributed by atoms with E-state index in [0.29, 0.717) is 26.9 Å². The first kappa shape index (κ1) is 16.2. The minimum absolute atomic E-state index is 0.442. The van der Waals surface area contributed by atoms with E-state index in [1.54, 1.807) is 42.5 Å². The molecule has 0 aromatic heterocycles. The van der Waals surface area contributed by atoms with Crippen molar-refractivity contribution in [3.8, 4) is 6.07 Å². The molecule has 0 bridgehead atoms. The van der Waals surface area contributed by atoms with E-state index >= 15 is 0 Å². The molecule has 1 N–H and O–H groups in total. The second-order valence-electron chi connectivity index (χ2n) is 4.53. The van der Waals surface area contributed by atoms with E-state index in [1.165, 1.54) is 6.92 Å². The number of nitrogens with zero attached hydrogens (tertiary/aromatic N) is 1. The van der Waals surface area contributed by atoms with Crippen molar-refractivity contribution in [2.75, 3.05) is 5.32 Å². The third-order valence-corrected chi connectivity index (χ3v) is 3.22. The number of carbonyl (C=O) groups excluding carboxylic acids is 1. The Balaban J connectivity index is 2.29. The number of nitriles is 1. The van der Waals surface area contributed by atoms with E-state index in [4.69, 9.17) is 33.2 Å². The molecule has 1 unspecified atom stereocenters. The Morgan fingerprint density at radius 2 is 1.77 bits per heavy atom. The van der Waals surface area contributed by atoms with Gasteiger partial charge >= 0.3 is 5.97 Å². The molecule has 0 spiro atoms. The molecule has 4 nitrogen and oxygen atoms in total. The maximum Gasteiger partial charge on any atom is 0.304 e. The second-order valence-corrected chi connectivity index (χ2v) is 5.40. The quantitative estimate of drug-likeness (QED) is 0.658. The van der Waals surface area contributed by atoms with Gasteiger partial charge in [-0.3, -0.25) is 4.79 Å². The first-order valence-corrected chi connectivity index (χ1v) is 7.13. The van der Waals surface area contributed by atoms with Crippen LogP contribution in [-0.4, -0.2) is 5.97 Å². The zero-order chi connectivity index (χ0) is 16.1. The van der Waals surface area contributed by atoms with Crippen molar-refractivity contribution in [3.63, 3.8) is 0 Å². The van der Waals surface area contributed by atoms with Crippen LogP contribution in [0.5, 0.6) is 0 Å². The van der Waals surface area contributed by atoms with Gasteiger partial charge in [-0.25, -0.2) is 0 Å². The number of hydrogen-bond acceptors (Lipinski definition) is 4. The van der Waals surface area contributed by atoms with Crippen LogP contribution in [0.1, 0.15) is 24.3 Å². The standard InChI is InChI=1S/C16H12Cl2N2O2/c1-10(21)22-16(12-6-13(17)8-14(18)7-12)20-15-4-2-11(9-19)3-5-15/h2-8,16,20H,1H3. The highest BCUT2D eigenvalue weighted by Crippen LogP contribution is 2.27. The van der Waals surface area contributed by atoms with E-state index in [2.05, 4.69) is 5.32 Å². The topological polar surface area (TPSA) is 62.1 Å². The van der Waals surface area contributed by atoms with Crippen molar-refractivity contribution >= 4 is 34.9 Å². The van der Waals surface area contributed by atoms with Crippen molar-refractivity contribution in [2.24, 2.45) is 0 Å². The van der Waals surface area contributed by atoms with Gasteiger partial charge in [0.2, 0.25) is 0 Å². The highest BCUT2D eigenvalue weighted by atomic mass is 35.5. The van der Waals surface area contributed by atoms with Gasteiger partial charge in [-0.15, -0.1) is 0 Å². The number of anilines is 1. The molecule has 0 saturated carbocycles. The van der Waals surface area contributed by atoms with E-state index in [1.807, 2.05) is 6.07 Å². The van der Waals surface area contributed by atoms with Gasteiger partial charge < -0.3 is 10.1 Å². The maximum atomic E-state index is 11.3. The number of rotatable bonds is 4. The predicted molar refractivity (Wildman–Crippen MR) is 85.7 cm³/mol. The lowest BCUT2D eigenvalue weighted by Gasteiger charge is -2.20. The summed E-state index contributed by atoms with van der Waals surface area (Å²) in [6.07, 6.45) is -0.735. The molecule has 2 aromatic rings. The van der Waals surface area contributed by atoms with Crippen molar-refractivity contribution < 1.29 is 9.53 Å². The van der Waals surface area contributed by atoms with Gasteiger partial charge in [0.15, 0.2) is 6.23 Å². The molecule has 0 amide bonds. The van der Waals surface area contributed by atoms with Crippen LogP contribution in [0.15, 0.2) is 42.5 Å². The summed E-state index contributed by atoms with van der Waals surface area (Å²) < 4.78 is 5.27. The van der Waals surface area contributed by atoms with Gasteiger partial charge in [0.05, 0.1) is 11.6 Å². The summed E-state index contributed by atoms with van der Waals surface area (Å²) in [6, 6.07) is 13.7. The van der Waals surface area contributed by atoms with Crippen LogP contribution in [0.2, 0.25) is 10.0 Å². The summed E-state index contributed by atoms with van der Waals surface area (Å²) in [7, 11) is 0. The van der Waals surface area contributed by atoms with E-state index < -0.39 is 12.2 Å². The molecule has 2 rings (SSSR count). The minimum atomic E-state index is -0.735. The van der Waals surface area contributed by atoms with Crippen LogP contribution in [0.25, 0.3) is 0 Å². The summed E-state index contributed by atoms with van der Waals surface area (Å²) in [6.45, 7) is 1.32. The van der Waals surface area contributed by atoms with E-state index in [9.17, 15) is 4.79 Å². The number of ether oxygens (including phenoxy) is 1. The molecule has 22 heavy (non-hydrogen) atoms. The molecule has 2 aromatic carbocycles. The zero-order valence-electron chi connectivity index (χ0n) is 11.6. The molecule has 0 aliphatic rings. The molecule has 6 heteroatoms. The van der Waals surface area contributed by atoms with Crippen LogP contribution in [0.3, 0.4) is 0 Å². The average molecular weight is 335 g/mol. The smallest absolute Gasteiger partial charge is 0.304 e. The Bertz CT molecular complexity index is 704. The molecule has 112 valence electrons. The molecule has 0 radical (unpaired) electrons. The Morgan fingerprint density at radius 3 is 2.27 bits per heavy atom. The Labute approximate surface area is 138 Å². The van der Waals surface area contributed by atoms with Gasteiger partial charge in [-0.1, -0.05) is 23.2 Å². The van der Waals surface area contributed by atoms with Gasteiger partial charge in [0.1, 0.15) is 0 Å². The summed E-state index contributed by atoms with van der Waals surface area (Å²) >= 11 is 12.0. The van der Waals surface area contributed by atoms with Gasteiger partial charge in [-0.05, 0) is 42.5 Å². The fourth-order valence-electron chi connectivity index (χ4n) is 1.87. The normalized spacial score (nSPS) is 11.4. The first-order valence-electron chi connectivity index (χ1n) is 6.38. The average Bonchev–Trinajstić information content (AvgIpc) is 2.46. The molecule has 0 heterocycles. The number of nitrogens with one attached hydrogen (secondary N) is 1. The Hall–Kier alpha value is -2.22. The summed E-state index contributed by atoms with van der Waals surface area (Å²) in [4.78, 5) is 11.3. The van der Waals surface area contributed by atoms with E-state index in [-0.39, 0.29) is 0 Å². The summed E-state index contributed by atoms with van der Waals surface area (Å²) in [5.74, 6) is -0.442. The summed E-state index contributed by atoms with van der Waals surface area (Å²) in [5.41, 5.74) is 1.86. The van der Waals surface area contributed by atoms with Crippen LogP contribution < -0.4 is 5.32 Å². The highest BCUT2D eigenvalue weighted by Gasteiger charge is 2.16. The maximum absolute atomic E-state index is 11.3. The lowest BCUT2D eigenvalue weighted by atomic mass is 10.1. The number of hydrogen-bond donors (Lipinski definition) is 1. The van der Waals surface area contributed by atoms with Gasteiger partial charge in [0, 0.05) is 28.2 Å². The van der Waals surface area contributed by atoms with Crippen molar-refractivity contribution in [3.05, 3.63) is 63.6 Å². The monoisotopic (exact) mass is 334 g/mol. The minimum Gasteiger partial charge on any atom is -0.438 e. The molecule has 0 aliphatic heterocycles. The van der Waals surface area contributed by atoms with Crippen LogP contribution in [0.4, 0.5) is 5.69 Å². The first-order chi connectivity index (χ1) is 10.5. The molecular formula is C16H12Cl2N2O2. The predicted octanol–water partition coefficient (Wildman–Crippen LogP) is 4.54. The van der Waals surface area contributed by atoms with Crippen molar-refractivity contribution in [1.82, 2.24) is 0 Å². The molecular weight excluding hydrogens is 323 g/mol. The molecule has 0 aliphatic carbocycles. The number of esters is 1. The molecule has 0 fully saturated rings. The molecule has 0 saturated heterocycles. The summed E-state index contributed by atoms with van der Waals surface area (Å²) in [5, 5.41) is 12.8. The van der Waals surface area contributed by atoms with Crippen LogP contribution in [0, 0.1) is 11.3 Å². The van der Waals surface area contributed by atoms with Crippen molar-refractivity contribution in [2.45, 2.75) is 13.2 Å². The van der Waals surface area contributed by atoms with Gasteiger partial charge in [0.25, 0.3) is 0 Å². The fraction of sp³-hybridized carbons (Fsp3) is 0.125.